The molecule has 0 bridgehead atoms. The molecule has 4 aromatic heterocycles. The van der Waals surface area contributed by atoms with E-state index >= 15 is 4.39 Å². The minimum absolute atomic E-state index is 0.0667. The van der Waals surface area contributed by atoms with Crippen LogP contribution in [0, 0.1) is 29.0 Å². The first-order valence-electron chi connectivity index (χ1n) is 42.7. The van der Waals surface area contributed by atoms with Crippen LogP contribution in [0.25, 0.3) is 11.1 Å². The Balaban J connectivity index is 0.678. The van der Waals surface area contributed by atoms with Gasteiger partial charge in [0, 0.05) is 57.2 Å². The second-order valence-electron chi connectivity index (χ2n) is 32.2. The summed E-state index contributed by atoms with van der Waals surface area (Å²) in [6, 6.07) is 5.99. The zero-order chi connectivity index (χ0) is 93.9. The third-order valence-corrected chi connectivity index (χ3v) is 21.9. The van der Waals surface area contributed by atoms with Gasteiger partial charge < -0.3 is 112 Å². The number of aryl methyl sites for hydroxylation is 4. The number of nitrogens with one attached hydrogen (secondary N) is 13. The number of carbonyl (C=O) groups is 12. The van der Waals surface area contributed by atoms with E-state index in [1.807, 2.05) is 31.3 Å². The molecule has 2 aliphatic carbocycles. The van der Waals surface area contributed by atoms with Crippen LogP contribution >= 0.6 is 0 Å². The number of aliphatic hydroxyl groups is 3. The van der Waals surface area contributed by atoms with Gasteiger partial charge in [0.15, 0.2) is 5.82 Å². The standard InChI is InChI=1S/C84H115FN22O23/c1-7-51-37-56(129-28-11-10-27-107-43-55(98-106-107)45-128-35-34-127-33-32-126-31-30-125-29-26-88-82(124)130-46-60-58-20-22-62-63(100-103-99-62)23-21-59(58)60)18-19-57(51)52-16-14-50(15-17-52)36-66(78(119)120)92-74(115)65(39-70(112)113)91-75(116)67(44-108)93-76(117)71(48(2)109)96-81(123)84(6,40-53-12-8-9-13-61(53)85)97-77(118)72(49(3)110)95-69(111)42-89-73(114)64(38-68-101-104-105-102-68)94-80(122)83(4,5)79(121)87-25-24-54-41-86-47-90-54/h8-9,12-19,37,41,43,47-49,58-60,64-67,71-72,108-110H,7,10-11,20-36,38-40,42,44-46H2,1-6H3,(H,86,90)(H,87,121)(H,88,124)(H,89,114)(H,91,116)(H,92,115)(H,93,117)(H,94,122)(H,95,111)(H,96,123)(H,97,118)(H,112,113)(H,119,120)(H,99,100,103)(H,101,102,104,105)/t48-,49-,58-,59+,60-,64+,65+,66+,67+,71+,72+,84+/m1/s1. The average molecular weight is 1820 g/mol. The number of halogens is 1. The molecule has 7 aromatic rings. The second-order valence-corrected chi connectivity index (χ2v) is 32.2. The molecule has 45 nitrogen and oxygen atoms in total. The van der Waals surface area contributed by atoms with Gasteiger partial charge in [-0.3, -0.25) is 57.7 Å². The van der Waals surface area contributed by atoms with E-state index in [0.29, 0.717) is 132 Å². The third-order valence-electron chi connectivity index (χ3n) is 21.9. The Bertz CT molecular complexity index is 4860. The molecular formula is C84H115FN22O23. The predicted octanol–water partition coefficient (Wildman–Crippen LogP) is -1.78. The number of aliphatic carboxylic acids is 2. The summed E-state index contributed by atoms with van der Waals surface area (Å²) < 4.78 is 51.3. The van der Waals surface area contributed by atoms with Gasteiger partial charge in [0.2, 0.25) is 53.2 Å². The summed E-state index contributed by atoms with van der Waals surface area (Å²) in [5.74, 6) is -12.5. The Morgan fingerprint density at radius 3 is 2.01 bits per heavy atom. The van der Waals surface area contributed by atoms with Crippen LogP contribution < -0.4 is 57.9 Å². The average Bonchev–Trinajstić information content (AvgIpc) is 1.60. The van der Waals surface area contributed by atoms with Crippen LogP contribution in [0.5, 0.6) is 5.75 Å². The van der Waals surface area contributed by atoms with Crippen molar-refractivity contribution in [2.75, 3.05) is 85.7 Å². The topological polar surface area (TPSA) is 637 Å². The molecule has 706 valence electrons. The van der Waals surface area contributed by atoms with Gasteiger partial charge in [-0.15, -0.1) is 20.4 Å². The quantitative estimate of drug-likeness (QED) is 0.0148. The van der Waals surface area contributed by atoms with Crippen LogP contribution in [-0.2, 0) is 135 Å². The number of benzene rings is 3. The van der Waals surface area contributed by atoms with Crippen molar-refractivity contribution in [2.45, 2.75) is 186 Å². The lowest BCUT2D eigenvalue weighted by atomic mass is 9.90. The molecule has 0 radical (unpaired) electrons. The van der Waals surface area contributed by atoms with Crippen molar-refractivity contribution in [3.05, 3.63) is 137 Å². The number of carboxylic acids is 2. The first-order valence-corrected chi connectivity index (χ1v) is 42.7. The van der Waals surface area contributed by atoms with E-state index in [9.17, 15) is 83.1 Å². The Labute approximate surface area is 746 Å². The number of fused-ring (bicyclic) bond motifs is 2. The molecule has 12 atom stereocenters. The number of aliphatic hydroxyl groups excluding tert-OH is 3. The van der Waals surface area contributed by atoms with Gasteiger partial charge in [-0.05, 0) is 143 Å². The number of hydrogen-bond donors (Lipinski definition) is 18. The third kappa shape index (κ3) is 31.2. The fourth-order valence-corrected chi connectivity index (χ4v) is 14.4. The van der Waals surface area contributed by atoms with Crippen LogP contribution in [0.3, 0.4) is 0 Å². The van der Waals surface area contributed by atoms with Gasteiger partial charge in [0.05, 0.1) is 122 Å². The molecule has 0 unspecified atom stereocenters. The summed E-state index contributed by atoms with van der Waals surface area (Å²) in [4.78, 5) is 169. The summed E-state index contributed by atoms with van der Waals surface area (Å²) in [5.41, 5.74) is 2.20. The Kier molecular flexibility index (Phi) is 38.9. The number of ether oxygens (including phenoxy) is 6. The van der Waals surface area contributed by atoms with Crippen molar-refractivity contribution < 1.29 is 116 Å². The number of rotatable bonds is 56. The molecule has 1 saturated carbocycles. The first kappa shape index (κ1) is 101. The fourth-order valence-electron chi connectivity index (χ4n) is 14.4. The molecule has 46 heteroatoms. The largest absolute Gasteiger partial charge is 0.494 e. The highest BCUT2D eigenvalue weighted by atomic mass is 19.1. The summed E-state index contributed by atoms with van der Waals surface area (Å²) in [6.07, 6.45) is 4.44. The van der Waals surface area contributed by atoms with Gasteiger partial charge in [-0.1, -0.05) is 71.1 Å². The number of nitrogens with zero attached hydrogens (tertiary/aromatic N) is 9. The molecule has 4 heterocycles. The van der Waals surface area contributed by atoms with Crippen LogP contribution in [0.2, 0.25) is 0 Å². The highest BCUT2D eigenvalue weighted by Gasteiger charge is 2.51. The van der Waals surface area contributed by atoms with Gasteiger partial charge in [0.25, 0.3) is 0 Å². The maximum absolute atomic E-state index is 15.5. The maximum atomic E-state index is 15.5. The monoisotopic (exact) mass is 1820 g/mol. The number of H-pyrrole nitrogens is 3. The number of aromatic nitrogens is 12. The summed E-state index contributed by atoms with van der Waals surface area (Å²) in [6.45, 7) is 10.2. The van der Waals surface area contributed by atoms with Crippen molar-refractivity contribution in [3.8, 4) is 16.9 Å². The number of alkyl carbamates (subject to hydrolysis) is 1. The van der Waals surface area contributed by atoms with E-state index in [2.05, 4.69) is 109 Å². The SMILES string of the molecule is CCc1cc(OCCCCn2cc(COCCOCCOCCOCCNC(=O)OC[C@@H]3[C@@H]4CCc5[nH]nnc5CC[C@@H]43)nn2)ccc1-c1ccc(C[C@H](NC(=O)[C@H](CC(=O)O)NC(=O)[C@H](CO)NC(=O)[C@@H](NC(=O)[C@](C)(Cc2ccccc2F)NC(=O)[C@@H](NC(=O)CNC(=O)[C@H](Cc2nn[nH]n2)NC(=O)C(C)(C)C(=O)NCCc2cnc[nH]2)[C@@H](C)O)[C@@H](C)O)C(=O)O)cc1. The van der Waals surface area contributed by atoms with Crippen LogP contribution in [-0.4, -0.2) is 297 Å². The highest BCUT2D eigenvalue weighted by molar-refractivity contribution is 6.06. The van der Waals surface area contributed by atoms with E-state index in [1.165, 1.54) is 38.4 Å². The van der Waals surface area contributed by atoms with Gasteiger partial charge in [0.1, 0.15) is 64.5 Å². The number of tetrazole rings is 1. The normalized spacial score (nSPS) is 16.3. The van der Waals surface area contributed by atoms with E-state index in [0.717, 1.165) is 87.0 Å². The van der Waals surface area contributed by atoms with Crippen LogP contribution in [0.15, 0.2) is 85.5 Å². The number of hydrogen-bond acceptors (Lipinski definition) is 29. The summed E-state index contributed by atoms with van der Waals surface area (Å²) in [5, 5.41) is 109. The zero-order valence-corrected chi connectivity index (χ0v) is 73.0. The molecular weight excluding hydrogens is 1700 g/mol. The Hall–Kier alpha value is -12.9. The van der Waals surface area contributed by atoms with Crippen molar-refractivity contribution >= 4 is 71.2 Å². The minimum atomic E-state index is -2.40. The molecule has 130 heavy (non-hydrogen) atoms. The Morgan fingerprint density at radius 1 is 0.654 bits per heavy atom. The molecule has 2 aliphatic rings. The molecule has 0 spiro atoms. The van der Waals surface area contributed by atoms with Gasteiger partial charge >= 0.3 is 18.0 Å². The molecule has 0 aliphatic heterocycles. The summed E-state index contributed by atoms with van der Waals surface area (Å²) >= 11 is 0. The van der Waals surface area contributed by atoms with E-state index in [-0.39, 0.29) is 31.0 Å². The number of carboxylic acid groups (broad SMARTS) is 2. The lowest BCUT2D eigenvalue weighted by Gasteiger charge is -2.34. The Morgan fingerprint density at radius 2 is 1.34 bits per heavy atom. The van der Waals surface area contributed by atoms with E-state index in [4.69, 9.17) is 28.4 Å². The van der Waals surface area contributed by atoms with Crippen molar-refractivity contribution in [3.63, 3.8) is 0 Å². The molecule has 9 rings (SSSR count). The molecule has 3 aromatic carbocycles. The summed E-state index contributed by atoms with van der Waals surface area (Å²) in [7, 11) is 0. The van der Waals surface area contributed by atoms with Gasteiger partial charge in [-0.25, -0.2) is 19.0 Å². The highest BCUT2D eigenvalue weighted by Crippen LogP contribution is 2.53. The molecule has 18 N–H and O–H groups in total. The van der Waals surface area contributed by atoms with Gasteiger partial charge in [-0.2, -0.15) is 5.21 Å². The smallest absolute Gasteiger partial charge is 0.407 e. The predicted molar refractivity (Wildman–Crippen MR) is 453 cm³/mol. The lowest BCUT2D eigenvalue weighted by molar-refractivity contribution is -0.144. The lowest BCUT2D eigenvalue weighted by Crippen LogP contribution is -2.67. The van der Waals surface area contributed by atoms with Crippen LogP contribution in [0.1, 0.15) is 119 Å². The van der Waals surface area contributed by atoms with Crippen molar-refractivity contribution in [1.82, 2.24) is 114 Å². The fraction of sp³-hybridized carbons (Fsp3) is 0.548. The first-order chi connectivity index (χ1) is 62.3. The number of imidazole rings is 1. The van der Waals surface area contributed by atoms with Crippen molar-refractivity contribution in [2.24, 2.45) is 23.2 Å². The maximum Gasteiger partial charge on any atom is 0.407 e. The van der Waals surface area contributed by atoms with E-state index in [1.54, 1.807) is 35.1 Å². The second kappa shape index (κ2) is 50.2. The molecule has 1 fully saturated rings. The molecule has 0 saturated heterocycles. The number of carbonyl (C=O) groups excluding carboxylic acids is 10. The minimum Gasteiger partial charge on any atom is -0.494 e. The van der Waals surface area contributed by atoms with Crippen molar-refractivity contribution in [1.29, 1.82) is 0 Å². The zero-order valence-electron chi connectivity index (χ0n) is 73.0. The number of unbranched alkanes of at least 4 members (excludes halogenated alkanes) is 1. The number of amides is 10. The molecule has 10 amide bonds. The van der Waals surface area contributed by atoms with E-state index < -0.39 is 169 Å². The number of aromatic amines is 3. The van der Waals surface area contributed by atoms with Crippen LogP contribution in [0.4, 0.5) is 9.18 Å².